The van der Waals surface area contributed by atoms with Crippen LogP contribution >= 0.6 is 0 Å². The van der Waals surface area contributed by atoms with E-state index >= 15 is 4.39 Å². The van der Waals surface area contributed by atoms with Crippen molar-refractivity contribution in [1.82, 2.24) is 20.4 Å². The van der Waals surface area contributed by atoms with Gasteiger partial charge in [0, 0.05) is 12.7 Å². The second-order valence-corrected chi connectivity index (χ2v) is 13.8. The van der Waals surface area contributed by atoms with Crippen molar-refractivity contribution in [1.29, 1.82) is 0 Å². The first-order valence-corrected chi connectivity index (χ1v) is 17.6. The Morgan fingerprint density at radius 1 is 0.891 bits per heavy atom. The maximum Gasteiger partial charge on any atom is 0.270 e. The van der Waals surface area contributed by atoms with Gasteiger partial charge in [0.05, 0.1) is 24.3 Å². The van der Waals surface area contributed by atoms with Crippen LogP contribution in [0.1, 0.15) is 119 Å². The number of nitrogens with zero attached hydrogens (tertiary/aromatic N) is 2. The summed E-state index contributed by atoms with van der Waals surface area (Å²) in [4.78, 5) is 40.9. The first-order valence-electron chi connectivity index (χ1n) is 17.6. The number of hydrogen-bond donors (Lipinski definition) is 4. The standard InChI is InChI=1S/C36H52FN5O4/c1-3-42-31(19-20-38-42)35(45)41-33(32(25-11-6-4-7-12-25)26-13-8-5-9-14-26)36(46)39-29-18-17-27(21-28(29)37)23(2)34(44)40-30(22-43)24-15-10-16-24/h17-21,23-26,30,32-33,43H,3-16,22H2,1-2H3,(H,39,46)(H,40,44)(H,41,45)/t23?,30-,33?/m0/s1. The number of aromatic nitrogens is 2. The number of carbonyl (C=O) groups excluding carboxylic acids is 3. The Hall–Kier alpha value is -3.27. The molecule has 9 nitrogen and oxygen atoms in total. The van der Waals surface area contributed by atoms with Crippen molar-refractivity contribution in [3.8, 4) is 0 Å². The normalized spacial score (nSPS) is 20.0. The SMILES string of the molecule is CCn1nccc1C(=O)NC(C(=O)Nc1ccc(C(C)C(=O)N[C@@H](CO)C2CCC2)cc1F)C(C1CCCCC1)C1CCCCC1. The van der Waals surface area contributed by atoms with Gasteiger partial charge in [-0.05, 0) is 74.1 Å². The van der Waals surface area contributed by atoms with Crippen LogP contribution in [0.5, 0.6) is 0 Å². The van der Waals surface area contributed by atoms with Crippen LogP contribution < -0.4 is 16.0 Å². The molecule has 3 aliphatic carbocycles. The summed E-state index contributed by atoms with van der Waals surface area (Å²) in [5.41, 5.74) is 0.904. The predicted molar refractivity (Wildman–Crippen MR) is 176 cm³/mol. The van der Waals surface area contributed by atoms with Gasteiger partial charge in [0.2, 0.25) is 11.8 Å². The van der Waals surface area contributed by atoms with Crippen molar-refractivity contribution in [2.75, 3.05) is 11.9 Å². The van der Waals surface area contributed by atoms with E-state index in [0.717, 1.165) is 70.6 Å². The van der Waals surface area contributed by atoms with Crippen molar-refractivity contribution in [3.05, 3.63) is 47.5 Å². The lowest BCUT2D eigenvalue weighted by atomic mass is 9.66. The van der Waals surface area contributed by atoms with E-state index in [2.05, 4.69) is 21.0 Å². The van der Waals surface area contributed by atoms with E-state index in [4.69, 9.17) is 0 Å². The van der Waals surface area contributed by atoms with Gasteiger partial charge in [0.25, 0.3) is 5.91 Å². The average Bonchev–Trinajstić information content (AvgIpc) is 3.54. The second kappa shape index (κ2) is 16.0. The quantitative estimate of drug-likeness (QED) is 0.217. The number of rotatable bonds is 13. The minimum Gasteiger partial charge on any atom is -0.394 e. The number of benzene rings is 1. The fraction of sp³-hybridized carbons (Fsp3) is 0.667. The van der Waals surface area contributed by atoms with E-state index in [1.165, 1.54) is 25.0 Å². The highest BCUT2D eigenvalue weighted by Crippen LogP contribution is 2.42. The molecule has 0 spiro atoms. The van der Waals surface area contributed by atoms with Crippen LogP contribution in [0.2, 0.25) is 0 Å². The molecule has 2 aromatic rings. The number of aliphatic hydroxyl groups is 1. The summed E-state index contributed by atoms with van der Waals surface area (Å²) in [5, 5.41) is 22.9. The summed E-state index contributed by atoms with van der Waals surface area (Å²) >= 11 is 0. The van der Waals surface area contributed by atoms with E-state index in [1.54, 1.807) is 29.9 Å². The number of aryl methyl sites for hydroxylation is 1. The zero-order valence-electron chi connectivity index (χ0n) is 27.5. The van der Waals surface area contributed by atoms with Crippen molar-refractivity contribution in [2.45, 2.75) is 122 Å². The topological polar surface area (TPSA) is 125 Å². The van der Waals surface area contributed by atoms with E-state index in [-0.39, 0.29) is 42.0 Å². The largest absolute Gasteiger partial charge is 0.394 e. The zero-order chi connectivity index (χ0) is 32.6. The van der Waals surface area contributed by atoms with Crippen LogP contribution in [0.25, 0.3) is 0 Å². The van der Waals surface area contributed by atoms with Crippen molar-refractivity contribution >= 4 is 23.4 Å². The monoisotopic (exact) mass is 637 g/mol. The first kappa shape index (κ1) is 34.1. The Labute approximate surface area is 272 Å². The Kier molecular flexibility index (Phi) is 11.9. The van der Waals surface area contributed by atoms with Crippen molar-refractivity contribution in [2.24, 2.45) is 23.7 Å². The number of halogens is 1. The highest BCUT2D eigenvalue weighted by Gasteiger charge is 2.41. The number of carbonyl (C=O) groups is 3. The summed E-state index contributed by atoms with van der Waals surface area (Å²) < 4.78 is 17.2. The Bertz CT molecular complexity index is 1310. The molecule has 0 bridgehead atoms. The smallest absolute Gasteiger partial charge is 0.270 e. The summed E-state index contributed by atoms with van der Waals surface area (Å²) in [6, 6.07) is 5.00. The molecule has 3 saturated carbocycles. The molecule has 10 heteroatoms. The Morgan fingerprint density at radius 2 is 1.52 bits per heavy atom. The molecule has 0 aliphatic heterocycles. The van der Waals surface area contributed by atoms with Gasteiger partial charge >= 0.3 is 0 Å². The molecule has 1 aromatic carbocycles. The summed E-state index contributed by atoms with van der Waals surface area (Å²) in [7, 11) is 0. The third kappa shape index (κ3) is 7.99. The molecule has 1 heterocycles. The minimum absolute atomic E-state index is 0.0212. The number of hydrogen-bond acceptors (Lipinski definition) is 5. The predicted octanol–water partition coefficient (Wildman–Crippen LogP) is 5.94. The Morgan fingerprint density at radius 3 is 2.07 bits per heavy atom. The van der Waals surface area contributed by atoms with Crippen LogP contribution in [-0.2, 0) is 16.1 Å². The van der Waals surface area contributed by atoms with E-state index in [0.29, 0.717) is 29.6 Å². The lowest BCUT2D eigenvalue weighted by Gasteiger charge is -2.42. The molecule has 0 saturated heterocycles. The highest BCUT2D eigenvalue weighted by molar-refractivity contribution is 6.01. The third-order valence-corrected chi connectivity index (χ3v) is 11.0. The molecule has 46 heavy (non-hydrogen) atoms. The molecule has 3 amide bonds. The maximum atomic E-state index is 15.6. The third-order valence-electron chi connectivity index (χ3n) is 11.0. The lowest BCUT2D eigenvalue weighted by Crippen LogP contribution is -2.53. The van der Waals surface area contributed by atoms with Gasteiger partial charge in [0.15, 0.2) is 0 Å². The van der Waals surface area contributed by atoms with E-state index in [9.17, 15) is 19.5 Å². The lowest BCUT2D eigenvalue weighted by molar-refractivity contribution is -0.124. The van der Waals surface area contributed by atoms with E-state index < -0.39 is 23.7 Å². The van der Waals surface area contributed by atoms with Crippen molar-refractivity contribution < 1.29 is 23.9 Å². The van der Waals surface area contributed by atoms with Crippen LogP contribution in [0.4, 0.5) is 10.1 Å². The number of nitrogens with one attached hydrogen (secondary N) is 3. The summed E-state index contributed by atoms with van der Waals surface area (Å²) in [6.07, 6.45) is 15.5. The molecule has 2 unspecified atom stereocenters. The van der Waals surface area contributed by atoms with Gasteiger partial charge < -0.3 is 21.1 Å². The fourth-order valence-corrected chi connectivity index (χ4v) is 8.02. The molecule has 4 N–H and O–H groups in total. The number of anilines is 1. The van der Waals surface area contributed by atoms with Gasteiger partial charge in [-0.3, -0.25) is 19.1 Å². The van der Waals surface area contributed by atoms with E-state index in [1.807, 2.05) is 6.92 Å². The van der Waals surface area contributed by atoms with Gasteiger partial charge in [-0.2, -0.15) is 5.10 Å². The molecule has 3 atom stereocenters. The average molecular weight is 638 g/mol. The maximum absolute atomic E-state index is 15.6. The molecular weight excluding hydrogens is 585 g/mol. The molecule has 1 aromatic heterocycles. The Balaban J connectivity index is 1.37. The van der Waals surface area contributed by atoms with Crippen LogP contribution in [0.15, 0.2) is 30.5 Å². The second-order valence-electron chi connectivity index (χ2n) is 13.8. The first-order chi connectivity index (χ1) is 22.3. The van der Waals surface area contributed by atoms with Crippen LogP contribution in [0.3, 0.4) is 0 Å². The summed E-state index contributed by atoms with van der Waals surface area (Å²) in [5.74, 6) is -1.47. The molecule has 0 radical (unpaired) electrons. The molecule has 3 fully saturated rings. The van der Waals surface area contributed by atoms with Gasteiger partial charge in [-0.25, -0.2) is 4.39 Å². The van der Waals surface area contributed by atoms with Crippen LogP contribution in [-0.4, -0.2) is 51.3 Å². The molecule has 5 rings (SSSR count). The molecule has 3 aliphatic rings. The van der Waals surface area contributed by atoms with Gasteiger partial charge in [-0.1, -0.05) is 76.7 Å². The molecule has 252 valence electrons. The van der Waals surface area contributed by atoms with Crippen molar-refractivity contribution in [3.63, 3.8) is 0 Å². The van der Waals surface area contributed by atoms with Gasteiger partial charge in [0.1, 0.15) is 17.6 Å². The zero-order valence-corrected chi connectivity index (χ0v) is 27.5. The van der Waals surface area contributed by atoms with Crippen LogP contribution in [0, 0.1) is 29.5 Å². The highest BCUT2D eigenvalue weighted by atomic mass is 19.1. The fourth-order valence-electron chi connectivity index (χ4n) is 8.02. The molecular formula is C36H52FN5O4. The minimum atomic E-state index is -0.829. The summed E-state index contributed by atoms with van der Waals surface area (Å²) in [6.45, 7) is 4.03. The number of aliphatic hydroxyl groups excluding tert-OH is 1. The van der Waals surface area contributed by atoms with Gasteiger partial charge in [-0.15, -0.1) is 0 Å². The number of amides is 3.